The van der Waals surface area contributed by atoms with Crippen LogP contribution >= 0.6 is 28.3 Å². The summed E-state index contributed by atoms with van der Waals surface area (Å²) < 4.78 is 3.07. The van der Waals surface area contributed by atoms with Crippen molar-refractivity contribution < 1.29 is 0 Å². The van der Waals surface area contributed by atoms with Crippen molar-refractivity contribution in [2.75, 3.05) is 13.1 Å². The number of fused-ring (bicyclic) bond motifs is 1. The Morgan fingerprint density at radius 3 is 2.83 bits per heavy atom. The van der Waals surface area contributed by atoms with E-state index in [9.17, 15) is 0 Å². The van der Waals surface area contributed by atoms with Gasteiger partial charge in [-0.2, -0.15) is 5.10 Å². The van der Waals surface area contributed by atoms with E-state index in [1.165, 1.54) is 25.1 Å². The lowest BCUT2D eigenvalue weighted by atomic mass is 9.98. The molecule has 1 aliphatic heterocycles. The first kappa shape index (κ1) is 14.3. The molecule has 0 amide bonds. The van der Waals surface area contributed by atoms with Crippen LogP contribution in [0.1, 0.15) is 18.5 Å². The van der Waals surface area contributed by atoms with Gasteiger partial charge in [0.25, 0.3) is 0 Å². The van der Waals surface area contributed by atoms with E-state index in [0.29, 0.717) is 6.04 Å². The van der Waals surface area contributed by atoms with Gasteiger partial charge in [0.15, 0.2) is 0 Å². The molecule has 1 aromatic rings. The van der Waals surface area contributed by atoms with Crippen LogP contribution in [0.3, 0.4) is 0 Å². The van der Waals surface area contributed by atoms with E-state index in [2.05, 4.69) is 25.9 Å². The third kappa shape index (κ3) is 2.46. The molecule has 18 heavy (non-hydrogen) atoms. The zero-order chi connectivity index (χ0) is 12.0. The molecule has 102 valence electrons. The van der Waals surface area contributed by atoms with Crippen LogP contribution in [0.15, 0.2) is 10.7 Å². The van der Waals surface area contributed by atoms with Crippen LogP contribution in [0, 0.1) is 11.8 Å². The van der Waals surface area contributed by atoms with Crippen molar-refractivity contribution in [2.45, 2.75) is 25.4 Å². The average molecular weight is 336 g/mol. The fourth-order valence-electron chi connectivity index (χ4n) is 3.35. The van der Waals surface area contributed by atoms with Gasteiger partial charge in [0.1, 0.15) is 0 Å². The Kier molecular flexibility index (Phi) is 4.36. The Balaban J connectivity index is 0.00000120. The van der Waals surface area contributed by atoms with E-state index in [0.717, 1.165) is 29.4 Å². The van der Waals surface area contributed by atoms with E-state index in [1.807, 2.05) is 17.9 Å². The van der Waals surface area contributed by atoms with Crippen molar-refractivity contribution in [1.82, 2.24) is 14.7 Å². The Bertz CT molecular complexity index is 403. The second-order valence-corrected chi connectivity index (χ2v) is 6.28. The summed E-state index contributed by atoms with van der Waals surface area (Å²) in [5.41, 5.74) is 7.42. The first-order valence-corrected chi connectivity index (χ1v) is 7.08. The number of aromatic nitrogens is 2. The van der Waals surface area contributed by atoms with Gasteiger partial charge >= 0.3 is 0 Å². The third-order valence-electron chi connectivity index (χ3n) is 4.37. The minimum atomic E-state index is 0. The summed E-state index contributed by atoms with van der Waals surface area (Å²) in [5, 5.41) is 4.26. The minimum absolute atomic E-state index is 0. The molecule has 0 spiro atoms. The number of halogens is 2. The van der Waals surface area contributed by atoms with Gasteiger partial charge in [0, 0.05) is 32.7 Å². The Morgan fingerprint density at radius 2 is 2.22 bits per heavy atom. The largest absolute Gasteiger partial charge is 0.327 e. The second kappa shape index (κ2) is 5.49. The minimum Gasteiger partial charge on any atom is -0.327 e. The van der Waals surface area contributed by atoms with Crippen LogP contribution in [-0.4, -0.2) is 33.8 Å². The predicted octanol–water partition coefficient (Wildman–Crippen LogP) is 1.77. The lowest BCUT2D eigenvalue weighted by Crippen LogP contribution is -2.30. The van der Waals surface area contributed by atoms with Crippen LogP contribution < -0.4 is 5.73 Å². The van der Waals surface area contributed by atoms with Gasteiger partial charge in [0.05, 0.1) is 16.4 Å². The zero-order valence-electron chi connectivity index (χ0n) is 10.6. The summed E-state index contributed by atoms with van der Waals surface area (Å²) in [4.78, 5) is 2.52. The molecule has 6 heteroatoms. The molecule has 3 unspecified atom stereocenters. The third-order valence-corrected chi connectivity index (χ3v) is 5.03. The number of rotatable bonds is 2. The first-order chi connectivity index (χ1) is 8.15. The fraction of sp³-hybridized carbons (Fsp3) is 0.750. The van der Waals surface area contributed by atoms with Crippen LogP contribution in [0.5, 0.6) is 0 Å². The maximum absolute atomic E-state index is 6.16. The number of hydrogen-bond acceptors (Lipinski definition) is 3. The standard InChI is InChI=1S/C12H19BrN4.ClH/c1-16-12(10(13)4-15-16)7-17-5-8-2-3-11(14)9(8)6-17;/h4,8-9,11H,2-3,5-7,14H2,1H3;1H. The predicted molar refractivity (Wildman–Crippen MR) is 77.6 cm³/mol. The maximum Gasteiger partial charge on any atom is 0.0663 e. The molecule has 0 radical (unpaired) electrons. The molecule has 1 saturated heterocycles. The highest BCUT2D eigenvalue weighted by Crippen LogP contribution is 2.37. The Hall–Kier alpha value is -0.100. The molecule has 3 atom stereocenters. The van der Waals surface area contributed by atoms with E-state index >= 15 is 0 Å². The van der Waals surface area contributed by atoms with E-state index in [-0.39, 0.29) is 12.4 Å². The van der Waals surface area contributed by atoms with E-state index in [1.54, 1.807) is 0 Å². The summed E-state index contributed by atoms with van der Waals surface area (Å²) in [6, 6.07) is 0.431. The van der Waals surface area contributed by atoms with Gasteiger partial charge < -0.3 is 5.73 Å². The summed E-state index contributed by atoms with van der Waals surface area (Å²) in [5.74, 6) is 1.55. The van der Waals surface area contributed by atoms with Crippen LogP contribution in [0.2, 0.25) is 0 Å². The molecular weight excluding hydrogens is 316 g/mol. The molecule has 1 saturated carbocycles. The normalized spacial score (nSPS) is 31.4. The Labute approximate surface area is 122 Å². The molecule has 3 rings (SSSR count). The summed E-state index contributed by atoms with van der Waals surface area (Å²) >= 11 is 3.56. The van der Waals surface area contributed by atoms with Gasteiger partial charge in [-0.25, -0.2) is 0 Å². The smallest absolute Gasteiger partial charge is 0.0663 e. The van der Waals surface area contributed by atoms with Crippen molar-refractivity contribution in [3.8, 4) is 0 Å². The lowest BCUT2D eigenvalue weighted by molar-refractivity contribution is 0.289. The summed E-state index contributed by atoms with van der Waals surface area (Å²) in [7, 11) is 2.00. The highest BCUT2D eigenvalue weighted by Gasteiger charge is 2.40. The molecule has 1 aliphatic carbocycles. The molecule has 2 fully saturated rings. The number of aryl methyl sites for hydroxylation is 1. The highest BCUT2D eigenvalue weighted by atomic mass is 79.9. The van der Waals surface area contributed by atoms with E-state index in [4.69, 9.17) is 5.73 Å². The van der Waals surface area contributed by atoms with Crippen molar-refractivity contribution in [1.29, 1.82) is 0 Å². The van der Waals surface area contributed by atoms with Crippen LogP contribution in [0.4, 0.5) is 0 Å². The summed E-state index contributed by atoms with van der Waals surface area (Å²) in [6.45, 7) is 3.34. The molecule has 2 aliphatic rings. The first-order valence-electron chi connectivity index (χ1n) is 6.29. The SMILES string of the molecule is Cl.Cn1ncc(Br)c1CN1CC2CCC(N)C2C1. The zero-order valence-corrected chi connectivity index (χ0v) is 13.0. The number of hydrogen-bond donors (Lipinski definition) is 1. The molecule has 1 aromatic heterocycles. The molecule has 2 N–H and O–H groups in total. The molecule has 0 bridgehead atoms. The Morgan fingerprint density at radius 1 is 1.44 bits per heavy atom. The van der Waals surface area contributed by atoms with Crippen LogP contribution in [0.25, 0.3) is 0 Å². The fourth-order valence-corrected chi connectivity index (χ4v) is 3.83. The maximum atomic E-state index is 6.16. The van der Waals surface area contributed by atoms with Gasteiger partial charge in [-0.1, -0.05) is 0 Å². The van der Waals surface area contributed by atoms with Gasteiger partial charge in [-0.05, 0) is 40.6 Å². The quantitative estimate of drug-likeness (QED) is 0.896. The van der Waals surface area contributed by atoms with Crippen LogP contribution in [-0.2, 0) is 13.6 Å². The van der Waals surface area contributed by atoms with Crippen molar-refractivity contribution in [3.63, 3.8) is 0 Å². The number of likely N-dealkylation sites (tertiary alicyclic amines) is 1. The second-order valence-electron chi connectivity index (χ2n) is 5.42. The lowest BCUT2D eigenvalue weighted by Gasteiger charge is -2.18. The van der Waals surface area contributed by atoms with Gasteiger partial charge in [-0.15, -0.1) is 12.4 Å². The van der Waals surface area contributed by atoms with Gasteiger partial charge in [0.2, 0.25) is 0 Å². The number of nitrogens with two attached hydrogens (primary N) is 1. The molecular formula is C12H20BrClN4. The summed E-state index contributed by atoms with van der Waals surface area (Å²) in [6.07, 6.45) is 4.41. The molecule has 2 heterocycles. The van der Waals surface area contributed by atoms with Crippen molar-refractivity contribution >= 4 is 28.3 Å². The molecule has 0 aromatic carbocycles. The molecule has 4 nitrogen and oxygen atoms in total. The van der Waals surface area contributed by atoms with Gasteiger partial charge in [-0.3, -0.25) is 9.58 Å². The average Bonchev–Trinajstić information content (AvgIpc) is 2.93. The van der Waals surface area contributed by atoms with Crippen molar-refractivity contribution in [2.24, 2.45) is 24.6 Å². The monoisotopic (exact) mass is 334 g/mol. The topological polar surface area (TPSA) is 47.1 Å². The van der Waals surface area contributed by atoms with Crippen molar-refractivity contribution in [3.05, 3.63) is 16.4 Å². The van der Waals surface area contributed by atoms with E-state index < -0.39 is 0 Å². The highest BCUT2D eigenvalue weighted by molar-refractivity contribution is 9.10. The number of nitrogens with zero attached hydrogens (tertiary/aromatic N) is 3.